The van der Waals surface area contributed by atoms with Gasteiger partial charge in [0, 0.05) is 13.1 Å². The van der Waals surface area contributed by atoms with Gasteiger partial charge >= 0.3 is 0 Å². The van der Waals surface area contributed by atoms with Gasteiger partial charge in [-0.3, -0.25) is 4.79 Å². The number of aryl methyl sites for hydroxylation is 1. The van der Waals surface area contributed by atoms with Gasteiger partial charge in [-0.15, -0.1) is 10.2 Å². The number of carbonyl (C=O) groups is 1. The van der Waals surface area contributed by atoms with Crippen molar-refractivity contribution in [1.29, 1.82) is 0 Å². The van der Waals surface area contributed by atoms with Crippen LogP contribution in [0.5, 0.6) is 0 Å². The Bertz CT molecular complexity index is 659. The smallest absolute Gasteiger partial charge is 0.277 e. The van der Waals surface area contributed by atoms with E-state index in [2.05, 4.69) is 10.2 Å². The van der Waals surface area contributed by atoms with Crippen molar-refractivity contribution in [1.82, 2.24) is 15.1 Å². The van der Waals surface area contributed by atoms with Crippen LogP contribution in [0.1, 0.15) is 38.4 Å². The molecular weight excluding hydrogens is 314 g/mol. The van der Waals surface area contributed by atoms with Gasteiger partial charge in [0.05, 0.1) is 17.1 Å². The molecule has 1 saturated heterocycles. The topological polar surface area (TPSA) is 72.4 Å². The van der Waals surface area contributed by atoms with Crippen LogP contribution in [0.25, 0.3) is 11.5 Å². The normalized spacial score (nSPS) is 17.0. The minimum Gasteiger partial charge on any atom is -0.469 e. The summed E-state index contributed by atoms with van der Waals surface area (Å²) in [6, 6.07) is 1.79. The van der Waals surface area contributed by atoms with Gasteiger partial charge in [0.1, 0.15) is 5.76 Å². The summed E-state index contributed by atoms with van der Waals surface area (Å²) < 4.78 is 10.9. The molecule has 3 rings (SSSR count). The highest BCUT2D eigenvalue weighted by atomic mass is 32.2. The van der Waals surface area contributed by atoms with Crippen LogP contribution in [0.2, 0.25) is 0 Å². The van der Waals surface area contributed by atoms with E-state index in [0.29, 0.717) is 11.1 Å². The quantitative estimate of drug-likeness (QED) is 0.796. The summed E-state index contributed by atoms with van der Waals surface area (Å²) in [6.07, 6.45) is 6.19. The molecule has 6 nitrogen and oxygen atoms in total. The fraction of sp³-hybridized carbons (Fsp3) is 0.562. The summed E-state index contributed by atoms with van der Waals surface area (Å²) in [6.45, 7) is 5.45. The summed E-state index contributed by atoms with van der Waals surface area (Å²) in [5.41, 5.74) is 0.788. The van der Waals surface area contributed by atoms with Crippen molar-refractivity contribution in [2.45, 2.75) is 50.0 Å². The SMILES string of the molecule is Cc1occc1-c1nnc(S[C@@H](C)C(=O)N2CCCCCC2)o1. The average Bonchev–Trinajstić information content (AvgIpc) is 3.07. The Kier molecular flexibility index (Phi) is 5.05. The second-order valence-electron chi connectivity index (χ2n) is 5.76. The zero-order valence-electron chi connectivity index (χ0n) is 13.4. The lowest BCUT2D eigenvalue weighted by molar-refractivity contribution is -0.130. The summed E-state index contributed by atoms with van der Waals surface area (Å²) in [4.78, 5) is 14.5. The highest BCUT2D eigenvalue weighted by molar-refractivity contribution is 8.00. The predicted molar refractivity (Wildman–Crippen MR) is 87.1 cm³/mol. The third kappa shape index (κ3) is 3.77. The lowest BCUT2D eigenvalue weighted by Gasteiger charge is -2.23. The largest absolute Gasteiger partial charge is 0.469 e. The summed E-state index contributed by atoms with van der Waals surface area (Å²) >= 11 is 1.31. The van der Waals surface area contributed by atoms with Crippen molar-refractivity contribution < 1.29 is 13.6 Å². The van der Waals surface area contributed by atoms with Crippen LogP contribution >= 0.6 is 11.8 Å². The van der Waals surface area contributed by atoms with E-state index in [1.54, 1.807) is 12.3 Å². The van der Waals surface area contributed by atoms with Crippen molar-refractivity contribution >= 4 is 17.7 Å². The molecule has 0 spiro atoms. The fourth-order valence-electron chi connectivity index (χ4n) is 2.72. The Labute approximate surface area is 139 Å². The molecule has 1 atom stereocenters. The van der Waals surface area contributed by atoms with E-state index >= 15 is 0 Å². The molecule has 124 valence electrons. The van der Waals surface area contributed by atoms with Crippen LogP contribution in [0.15, 0.2) is 26.4 Å². The van der Waals surface area contributed by atoms with Crippen LogP contribution in [-0.2, 0) is 4.79 Å². The Morgan fingerprint density at radius 2 is 2.00 bits per heavy atom. The van der Waals surface area contributed by atoms with Gasteiger partial charge in [-0.1, -0.05) is 24.6 Å². The number of carbonyl (C=O) groups excluding carboxylic acids is 1. The van der Waals surface area contributed by atoms with E-state index in [0.717, 1.165) is 37.3 Å². The first kappa shape index (κ1) is 16.1. The molecule has 0 radical (unpaired) electrons. The van der Waals surface area contributed by atoms with Gasteiger partial charge in [0.15, 0.2) is 0 Å². The van der Waals surface area contributed by atoms with Crippen molar-refractivity contribution in [3.63, 3.8) is 0 Å². The van der Waals surface area contributed by atoms with Crippen LogP contribution in [0, 0.1) is 6.92 Å². The molecule has 0 unspecified atom stereocenters. The van der Waals surface area contributed by atoms with Crippen LogP contribution < -0.4 is 0 Å². The van der Waals surface area contributed by atoms with E-state index in [1.165, 1.54) is 24.6 Å². The molecule has 0 saturated carbocycles. The van der Waals surface area contributed by atoms with Gasteiger partial charge in [0.25, 0.3) is 11.1 Å². The predicted octanol–water partition coefficient (Wildman–Crippen LogP) is 3.52. The molecule has 0 aliphatic carbocycles. The van der Waals surface area contributed by atoms with Gasteiger partial charge in [-0.05, 0) is 32.8 Å². The molecule has 1 amide bonds. The zero-order chi connectivity index (χ0) is 16.2. The second kappa shape index (κ2) is 7.21. The Morgan fingerprint density at radius 3 is 2.65 bits per heavy atom. The molecule has 1 fully saturated rings. The molecule has 23 heavy (non-hydrogen) atoms. The maximum absolute atomic E-state index is 12.5. The van der Waals surface area contributed by atoms with Gasteiger partial charge in [0.2, 0.25) is 5.91 Å². The number of furan rings is 1. The number of rotatable bonds is 4. The molecule has 1 aliphatic heterocycles. The first-order valence-electron chi connectivity index (χ1n) is 7.98. The number of hydrogen-bond acceptors (Lipinski definition) is 6. The van der Waals surface area contributed by atoms with E-state index in [9.17, 15) is 4.79 Å². The number of hydrogen-bond donors (Lipinski definition) is 0. The van der Waals surface area contributed by atoms with E-state index in [-0.39, 0.29) is 11.2 Å². The van der Waals surface area contributed by atoms with Crippen LogP contribution in [-0.4, -0.2) is 39.3 Å². The molecule has 1 aliphatic rings. The summed E-state index contributed by atoms with van der Waals surface area (Å²) in [5, 5.41) is 8.25. The fourth-order valence-corrected chi connectivity index (χ4v) is 3.49. The van der Waals surface area contributed by atoms with Crippen molar-refractivity contribution in [2.75, 3.05) is 13.1 Å². The third-order valence-corrected chi connectivity index (χ3v) is 4.96. The van der Waals surface area contributed by atoms with Gasteiger partial charge < -0.3 is 13.7 Å². The van der Waals surface area contributed by atoms with Crippen molar-refractivity contribution in [3.05, 3.63) is 18.1 Å². The Balaban J connectivity index is 1.63. The molecule has 2 aromatic rings. The van der Waals surface area contributed by atoms with Crippen LogP contribution in [0.3, 0.4) is 0 Å². The molecule has 0 bridgehead atoms. The molecule has 0 aromatic carbocycles. The minimum atomic E-state index is -0.230. The Hall–Kier alpha value is -1.76. The van der Waals surface area contributed by atoms with Crippen molar-refractivity contribution in [2.24, 2.45) is 0 Å². The average molecular weight is 335 g/mol. The molecular formula is C16H21N3O3S. The number of nitrogens with zero attached hydrogens (tertiary/aromatic N) is 3. The third-order valence-electron chi connectivity index (χ3n) is 4.04. The minimum absolute atomic E-state index is 0.149. The second-order valence-corrected chi connectivity index (χ2v) is 7.06. The van der Waals surface area contributed by atoms with E-state index in [1.807, 2.05) is 18.7 Å². The standard InChI is InChI=1S/C16H21N3O3S/c1-11-13(7-10-21-11)14-17-18-16(22-14)23-12(2)15(20)19-8-5-3-4-6-9-19/h7,10,12H,3-6,8-9H2,1-2H3/t12-/m0/s1. The molecule has 3 heterocycles. The monoisotopic (exact) mass is 335 g/mol. The lowest BCUT2D eigenvalue weighted by Crippen LogP contribution is -2.37. The first-order valence-corrected chi connectivity index (χ1v) is 8.86. The summed E-state index contributed by atoms with van der Waals surface area (Å²) in [5.74, 6) is 1.31. The zero-order valence-corrected chi connectivity index (χ0v) is 14.3. The van der Waals surface area contributed by atoms with Crippen LogP contribution in [0.4, 0.5) is 0 Å². The maximum atomic E-state index is 12.5. The number of aromatic nitrogens is 2. The maximum Gasteiger partial charge on any atom is 0.277 e. The van der Waals surface area contributed by atoms with Gasteiger partial charge in [-0.25, -0.2) is 0 Å². The molecule has 2 aromatic heterocycles. The molecule has 7 heteroatoms. The number of thioether (sulfide) groups is 1. The first-order chi connectivity index (χ1) is 11.1. The number of amides is 1. The van der Waals surface area contributed by atoms with E-state index in [4.69, 9.17) is 8.83 Å². The van der Waals surface area contributed by atoms with E-state index < -0.39 is 0 Å². The Morgan fingerprint density at radius 1 is 1.26 bits per heavy atom. The highest BCUT2D eigenvalue weighted by Gasteiger charge is 2.24. The van der Waals surface area contributed by atoms with Gasteiger partial charge in [-0.2, -0.15) is 0 Å². The molecule has 0 N–H and O–H groups in total. The lowest BCUT2D eigenvalue weighted by atomic mass is 10.2. The van der Waals surface area contributed by atoms with Crippen molar-refractivity contribution in [3.8, 4) is 11.5 Å². The number of likely N-dealkylation sites (tertiary alicyclic amines) is 1. The summed E-state index contributed by atoms with van der Waals surface area (Å²) in [7, 11) is 0. The highest BCUT2D eigenvalue weighted by Crippen LogP contribution is 2.29.